The number of unbranched alkanes of at least 4 members (excludes halogenated alkanes) is 1. The lowest BCUT2D eigenvalue weighted by Gasteiger charge is -2.34. The van der Waals surface area contributed by atoms with Crippen LogP contribution in [0.5, 0.6) is 0 Å². The lowest BCUT2D eigenvalue weighted by molar-refractivity contribution is -0.136. The van der Waals surface area contributed by atoms with Gasteiger partial charge in [-0.15, -0.1) is 0 Å². The van der Waals surface area contributed by atoms with Crippen molar-refractivity contribution in [2.75, 3.05) is 32.8 Å². The second-order valence-electron chi connectivity index (χ2n) is 5.15. The van der Waals surface area contributed by atoms with E-state index in [1.54, 1.807) is 0 Å². The van der Waals surface area contributed by atoms with Crippen LogP contribution in [0.3, 0.4) is 0 Å². The zero-order chi connectivity index (χ0) is 14.4. The van der Waals surface area contributed by atoms with Gasteiger partial charge < -0.3 is 10.0 Å². The zero-order valence-corrected chi connectivity index (χ0v) is 12.4. The van der Waals surface area contributed by atoms with Gasteiger partial charge in [-0.25, -0.2) is 0 Å². The van der Waals surface area contributed by atoms with Crippen LogP contribution in [0.2, 0.25) is 5.02 Å². The Hall–Kier alpha value is -1.10. The fourth-order valence-electron chi connectivity index (χ4n) is 2.37. The standard InChI is InChI=1S/C15H21ClN2O2/c16-14-5-3-13(4-6-14)11-18-9-8-17(12-15(18)20)7-1-2-10-19/h3-6,19H,1-2,7-12H2. The summed E-state index contributed by atoms with van der Waals surface area (Å²) in [6.07, 6.45) is 1.75. The first-order valence-corrected chi connectivity index (χ1v) is 7.42. The van der Waals surface area contributed by atoms with Gasteiger partial charge in [0.2, 0.25) is 5.91 Å². The highest BCUT2D eigenvalue weighted by molar-refractivity contribution is 6.30. The summed E-state index contributed by atoms with van der Waals surface area (Å²) < 4.78 is 0. The number of aliphatic hydroxyl groups excluding tert-OH is 1. The third kappa shape index (κ3) is 4.47. The van der Waals surface area contributed by atoms with Gasteiger partial charge in [-0.3, -0.25) is 9.69 Å². The SMILES string of the molecule is O=C1CN(CCCCO)CCN1Cc1ccc(Cl)cc1. The third-order valence-corrected chi connectivity index (χ3v) is 3.82. The van der Waals surface area contributed by atoms with E-state index in [1.807, 2.05) is 29.2 Å². The largest absolute Gasteiger partial charge is 0.396 e. The lowest BCUT2D eigenvalue weighted by Crippen LogP contribution is -2.50. The Balaban J connectivity index is 1.81. The highest BCUT2D eigenvalue weighted by atomic mass is 35.5. The quantitative estimate of drug-likeness (QED) is 0.814. The molecule has 1 N–H and O–H groups in total. The molecule has 2 rings (SSSR count). The van der Waals surface area contributed by atoms with Crippen molar-refractivity contribution >= 4 is 17.5 Å². The monoisotopic (exact) mass is 296 g/mol. The zero-order valence-electron chi connectivity index (χ0n) is 11.6. The maximum atomic E-state index is 12.1. The van der Waals surface area contributed by atoms with E-state index in [0.29, 0.717) is 18.1 Å². The minimum atomic E-state index is 0.176. The Morgan fingerprint density at radius 3 is 2.55 bits per heavy atom. The molecule has 1 saturated heterocycles. The number of rotatable bonds is 6. The van der Waals surface area contributed by atoms with Crippen LogP contribution < -0.4 is 0 Å². The van der Waals surface area contributed by atoms with E-state index >= 15 is 0 Å². The number of benzene rings is 1. The highest BCUT2D eigenvalue weighted by Gasteiger charge is 2.23. The molecule has 1 aliphatic rings. The molecule has 0 saturated carbocycles. The Kier molecular flexibility index (Phi) is 5.83. The molecule has 1 heterocycles. The van der Waals surface area contributed by atoms with Gasteiger partial charge in [0.05, 0.1) is 6.54 Å². The molecule has 0 aliphatic carbocycles. The minimum Gasteiger partial charge on any atom is -0.396 e. The van der Waals surface area contributed by atoms with Gasteiger partial charge in [-0.1, -0.05) is 23.7 Å². The van der Waals surface area contributed by atoms with Crippen LogP contribution in [0, 0.1) is 0 Å². The summed E-state index contributed by atoms with van der Waals surface area (Å²) in [5.74, 6) is 0.176. The van der Waals surface area contributed by atoms with Crippen molar-refractivity contribution in [3.05, 3.63) is 34.9 Å². The van der Waals surface area contributed by atoms with Gasteiger partial charge in [0.15, 0.2) is 0 Å². The van der Waals surface area contributed by atoms with Crippen molar-refractivity contribution in [2.24, 2.45) is 0 Å². The molecule has 0 bridgehead atoms. The number of hydrogen-bond acceptors (Lipinski definition) is 3. The molecular formula is C15H21ClN2O2. The molecule has 110 valence electrons. The van der Waals surface area contributed by atoms with Gasteiger partial charge in [-0.2, -0.15) is 0 Å². The first-order chi connectivity index (χ1) is 9.69. The number of amides is 1. The van der Waals surface area contributed by atoms with Crippen LogP contribution in [0.1, 0.15) is 18.4 Å². The second kappa shape index (κ2) is 7.62. The van der Waals surface area contributed by atoms with Gasteiger partial charge in [0.1, 0.15) is 0 Å². The van der Waals surface area contributed by atoms with Crippen LogP contribution in [0.4, 0.5) is 0 Å². The normalized spacial score (nSPS) is 16.7. The van der Waals surface area contributed by atoms with Crippen LogP contribution in [-0.4, -0.2) is 53.6 Å². The molecule has 4 nitrogen and oxygen atoms in total. The van der Waals surface area contributed by atoms with Crippen molar-refractivity contribution in [3.63, 3.8) is 0 Å². The summed E-state index contributed by atoms with van der Waals surface area (Å²) >= 11 is 5.86. The maximum absolute atomic E-state index is 12.1. The summed E-state index contributed by atoms with van der Waals surface area (Å²) in [5.41, 5.74) is 1.11. The Morgan fingerprint density at radius 1 is 1.15 bits per heavy atom. The average molecular weight is 297 g/mol. The topological polar surface area (TPSA) is 43.8 Å². The van der Waals surface area contributed by atoms with Crippen LogP contribution >= 0.6 is 11.6 Å². The van der Waals surface area contributed by atoms with Crippen molar-refractivity contribution in [3.8, 4) is 0 Å². The molecule has 5 heteroatoms. The Bertz CT molecular complexity index is 436. The molecule has 1 aliphatic heterocycles. The number of carbonyl (C=O) groups excluding carboxylic acids is 1. The smallest absolute Gasteiger partial charge is 0.237 e. The van der Waals surface area contributed by atoms with E-state index < -0.39 is 0 Å². The Morgan fingerprint density at radius 2 is 1.90 bits per heavy atom. The molecule has 0 aromatic heterocycles. The number of carbonyl (C=O) groups is 1. The fraction of sp³-hybridized carbons (Fsp3) is 0.533. The average Bonchev–Trinajstić information content (AvgIpc) is 2.44. The molecule has 1 fully saturated rings. The number of piperazine rings is 1. The number of hydrogen-bond donors (Lipinski definition) is 1. The minimum absolute atomic E-state index is 0.176. The maximum Gasteiger partial charge on any atom is 0.237 e. The summed E-state index contributed by atoms with van der Waals surface area (Å²) in [6.45, 7) is 3.93. The summed E-state index contributed by atoms with van der Waals surface area (Å²) in [4.78, 5) is 16.2. The summed E-state index contributed by atoms with van der Waals surface area (Å²) in [5, 5.41) is 9.49. The predicted octanol–water partition coefficient (Wildman–Crippen LogP) is 1.76. The van der Waals surface area contributed by atoms with Crippen molar-refractivity contribution < 1.29 is 9.90 Å². The third-order valence-electron chi connectivity index (χ3n) is 3.57. The van der Waals surface area contributed by atoms with E-state index in [2.05, 4.69) is 4.90 Å². The van der Waals surface area contributed by atoms with Crippen molar-refractivity contribution in [1.29, 1.82) is 0 Å². The molecule has 0 spiro atoms. The van der Waals surface area contributed by atoms with E-state index in [9.17, 15) is 4.79 Å². The molecule has 1 aromatic rings. The number of nitrogens with zero attached hydrogens (tertiary/aromatic N) is 2. The molecule has 1 amide bonds. The van der Waals surface area contributed by atoms with E-state index in [1.165, 1.54) is 0 Å². The first-order valence-electron chi connectivity index (χ1n) is 7.04. The van der Waals surface area contributed by atoms with Crippen LogP contribution in [0.25, 0.3) is 0 Å². The van der Waals surface area contributed by atoms with E-state index in [-0.39, 0.29) is 12.5 Å². The van der Waals surface area contributed by atoms with E-state index in [4.69, 9.17) is 16.7 Å². The highest BCUT2D eigenvalue weighted by Crippen LogP contribution is 2.13. The van der Waals surface area contributed by atoms with Gasteiger partial charge in [0, 0.05) is 31.3 Å². The molecule has 20 heavy (non-hydrogen) atoms. The summed E-state index contributed by atoms with van der Waals surface area (Å²) in [7, 11) is 0. The Labute approximate surface area is 124 Å². The van der Waals surface area contributed by atoms with Crippen LogP contribution in [-0.2, 0) is 11.3 Å². The molecule has 1 aromatic carbocycles. The van der Waals surface area contributed by atoms with Gasteiger partial charge in [-0.05, 0) is 37.1 Å². The molecular weight excluding hydrogens is 276 g/mol. The first kappa shape index (κ1) is 15.3. The lowest BCUT2D eigenvalue weighted by atomic mass is 10.2. The van der Waals surface area contributed by atoms with Crippen molar-refractivity contribution in [2.45, 2.75) is 19.4 Å². The predicted molar refractivity (Wildman–Crippen MR) is 79.6 cm³/mol. The van der Waals surface area contributed by atoms with E-state index in [0.717, 1.165) is 38.0 Å². The summed E-state index contributed by atoms with van der Waals surface area (Å²) in [6, 6.07) is 7.63. The molecule has 0 atom stereocenters. The molecule has 0 unspecified atom stereocenters. The van der Waals surface area contributed by atoms with Gasteiger partial charge in [0.25, 0.3) is 0 Å². The second-order valence-corrected chi connectivity index (χ2v) is 5.59. The van der Waals surface area contributed by atoms with Crippen LogP contribution in [0.15, 0.2) is 24.3 Å². The fourth-order valence-corrected chi connectivity index (χ4v) is 2.50. The number of aliphatic hydroxyl groups is 1. The number of halogens is 1. The van der Waals surface area contributed by atoms with Crippen molar-refractivity contribution in [1.82, 2.24) is 9.80 Å². The molecule has 0 radical (unpaired) electrons. The van der Waals surface area contributed by atoms with Gasteiger partial charge >= 0.3 is 0 Å².